The molecule has 3 aliphatic rings. The van der Waals surface area contributed by atoms with E-state index in [0.29, 0.717) is 60.2 Å². The molecule has 1 saturated heterocycles. The molecule has 0 atom stereocenters. The van der Waals surface area contributed by atoms with E-state index < -0.39 is 11.6 Å². The number of rotatable bonds is 12. The van der Waals surface area contributed by atoms with E-state index >= 15 is 0 Å². The van der Waals surface area contributed by atoms with Crippen molar-refractivity contribution in [1.82, 2.24) is 15.0 Å². The number of unbranched alkanes of at least 4 members (excludes halogenated alkanes) is 2. The van der Waals surface area contributed by atoms with Crippen LogP contribution in [-0.4, -0.2) is 87.7 Å². The van der Waals surface area contributed by atoms with E-state index in [1.165, 1.54) is 0 Å². The van der Waals surface area contributed by atoms with Crippen molar-refractivity contribution < 1.29 is 23.8 Å². The van der Waals surface area contributed by atoms with Gasteiger partial charge in [0.05, 0.1) is 18.8 Å². The molecule has 0 saturated carbocycles. The first-order valence-electron chi connectivity index (χ1n) is 19.9. The molecule has 0 bridgehead atoms. The number of nitrogens with one attached hydrogen (secondary N) is 2. The summed E-state index contributed by atoms with van der Waals surface area (Å²) < 4.78 is 18.5. The highest BCUT2D eigenvalue weighted by atomic mass is 16.6. The Morgan fingerprint density at radius 2 is 1.53 bits per heavy atom. The van der Waals surface area contributed by atoms with Gasteiger partial charge in [0.1, 0.15) is 23.1 Å². The number of Topliss-reactive ketones (excluding diaryl/α,β-unsaturated/α-hetero) is 1. The number of anilines is 4. The topological polar surface area (TPSA) is 125 Å². The van der Waals surface area contributed by atoms with E-state index in [4.69, 9.17) is 24.2 Å². The summed E-state index contributed by atoms with van der Waals surface area (Å²) in [5.74, 6) is 3.10. The summed E-state index contributed by atoms with van der Waals surface area (Å²) in [6.45, 7) is 3.58. The SMILES string of the molecule is CN(C)c1ccc2c(c1)Oc1cc(N(C)C)ccc1C21OC(=O)c2cc(C(=O)CCCCCNc3cc(N4CCOCC4)nc(-c4cccc5[nH]ccc45)n3)ccc21. The molecule has 2 aromatic heterocycles. The standard InChI is InChI=1S/C46H47N7O5/c1-51(2)30-13-16-36-40(26-30)57-41-27-31(52(3)4)14-17-37(41)46(36)35-15-12-29(25-34(35)45(55)58-46)39(54)11-6-5-7-19-48-42-28-43(53-21-23-56-24-22-53)50-44(49-42)33-9-8-10-38-32(33)18-20-47-38/h8-10,12-18,20,25-28,47H,5-7,11,19,21-24H2,1-4H3,(H,48,49,50). The van der Waals surface area contributed by atoms with Crippen molar-refractivity contribution >= 4 is 45.7 Å². The summed E-state index contributed by atoms with van der Waals surface area (Å²) in [4.78, 5) is 46.8. The minimum Gasteiger partial charge on any atom is -0.456 e. The van der Waals surface area contributed by atoms with E-state index in [1.807, 2.05) is 105 Å². The van der Waals surface area contributed by atoms with Crippen LogP contribution in [0.5, 0.6) is 11.5 Å². The van der Waals surface area contributed by atoms with Crippen LogP contribution in [0.15, 0.2) is 91.1 Å². The number of aromatic amines is 1. The van der Waals surface area contributed by atoms with Crippen molar-refractivity contribution in [2.45, 2.75) is 31.3 Å². The number of morpholine rings is 1. The van der Waals surface area contributed by atoms with Gasteiger partial charge in [0, 0.05) is 129 Å². The monoisotopic (exact) mass is 777 g/mol. The van der Waals surface area contributed by atoms with Crippen LogP contribution >= 0.6 is 0 Å². The lowest BCUT2D eigenvalue weighted by molar-refractivity contribution is 0.0224. The first kappa shape index (κ1) is 37.2. The van der Waals surface area contributed by atoms with Crippen molar-refractivity contribution in [1.29, 1.82) is 0 Å². The molecule has 1 spiro atoms. The molecule has 0 unspecified atom stereocenters. The second-order valence-corrected chi connectivity index (χ2v) is 15.5. The zero-order valence-electron chi connectivity index (χ0n) is 33.3. The molecular weight excluding hydrogens is 731 g/mol. The zero-order valence-corrected chi connectivity index (χ0v) is 33.3. The van der Waals surface area contributed by atoms with Gasteiger partial charge in [0.2, 0.25) is 0 Å². The Bertz CT molecular complexity index is 2480. The number of benzene rings is 4. The molecule has 58 heavy (non-hydrogen) atoms. The highest BCUT2D eigenvalue weighted by Gasteiger charge is 2.53. The molecule has 296 valence electrons. The van der Waals surface area contributed by atoms with Crippen molar-refractivity contribution in [3.63, 3.8) is 0 Å². The van der Waals surface area contributed by atoms with Gasteiger partial charge in [0.25, 0.3) is 0 Å². The fraction of sp³-hybridized carbons (Fsp3) is 0.304. The number of nitrogens with zero attached hydrogens (tertiary/aromatic N) is 5. The van der Waals surface area contributed by atoms with Crippen molar-refractivity contribution in [3.05, 3.63) is 119 Å². The number of H-pyrrole nitrogens is 1. The molecule has 12 heteroatoms. The molecule has 0 aliphatic carbocycles. The van der Waals surface area contributed by atoms with Crippen LogP contribution in [0.1, 0.15) is 63.1 Å². The molecule has 2 N–H and O–H groups in total. The second kappa shape index (κ2) is 15.2. The van der Waals surface area contributed by atoms with E-state index in [-0.39, 0.29) is 5.78 Å². The second-order valence-electron chi connectivity index (χ2n) is 15.5. The Morgan fingerprint density at radius 3 is 2.26 bits per heavy atom. The number of aromatic nitrogens is 3. The maximum absolute atomic E-state index is 13.8. The smallest absolute Gasteiger partial charge is 0.340 e. The fourth-order valence-corrected chi connectivity index (χ4v) is 8.26. The van der Waals surface area contributed by atoms with Crippen LogP contribution in [-0.2, 0) is 15.1 Å². The highest BCUT2D eigenvalue weighted by molar-refractivity contribution is 6.02. The van der Waals surface area contributed by atoms with Gasteiger partial charge in [-0.25, -0.2) is 14.8 Å². The predicted octanol–water partition coefficient (Wildman–Crippen LogP) is 8.02. The number of carbonyl (C=O) groups excluding carboxylic acids is 2. The maximum atomic E-state index is 13.8. The van der Waals surface area contributed by atoms with Gasteiger partial charge < -0.3 is 39.2 Å². The Hall–Kier alpha value is -6.40. The van der Waals surface area contributed by atoms with Crippen LogP contribution in [0.25, 0.3) is 22.3 Å². The summed E-state index contributed by atoms with van der Waals surface area (Å²) in [6, 6.07) is 27.5. The van der Waals surface area contributed by atoms with Crippen LogP contribution in [0, 0.1) is 0 Å². The Morgan fingerprint density at radius 1 is 0.810 bits per heavy atom. The Labute approximate surface area is 337 Å². The first-order valence-corrected chi connectivity index (χ1v) is 19.9. The molecule has 12 nitrogen and oxygen atoms in total. The average Bonchev–Trinajstić information content (AvgIpc) is 3.84. The average molecular weight is 778 g/mol. The number of ether oxygens (including phenoxy) is 3. The number of fused-ring (bicyclic) bond motifs is 7. The Kier molecular flexibility index (Phi) is 9.72. The van der Waals surface area contributed by atoms with Gasteiger partial charge in [-0.3, -0.25) is 4.79 Å². The summed E-state index contributed by atoms with van der Waals surface area (Å²) in [5, 5.41) is 4.60. The van der Waals surface area contributed by atoms with Gasteiger partial charge in [-0.15, -0.1) is 0 Å². The summed E-state index contributed by atoms with van der Waals surface area (Å²) >= 11 is 0. The first-order chi connectivity index (χ1) is 28.2. The van der Waals surface area contributed by atoms with Crippen molar-refractivity contribution in [3.8, 4) is 22.9 Å². The molecule has 0 radical (unpaired) electrons. The van der Waals surface area contributed by atoms with Crippen LogP contribution in [0.3, 0.4) is 0 Å². The number of hydrogen-bond donors (Lipinski definition) is 2. The lowest BCUT2D eigenvalue weighted by Crippen LogP contribution is -2.36. The third kappa shape index (κ3) is 6.66. The molecule has 0 amide bonds. The van der Waals surface area contributed by atoms with Gasteiger partial charge in [-0.2, -0.15) is 0 Å². The lowest BCUT2D eigenvalue weighted by atomic mass is 9.77. The quantitative estimate of drug-likeness (QED) is 0.0713. The normalized spacial score (nSPS) is 15.0. The number of carbonyl (C=O) groups is 2. The summed E-state index contributed by atoms with van der Waals surface area (Å²) in [5.41, 5.74) is 5.84. The van der Waals surface area contributed by atoms with Gasteiger partial charge in [-0.1, -0.05) is 30.7 Å². The predicted molar refractivity (Wildman–Crippen MR) is 227 cm³/mol. The van der Waals surface area contributed by atoms with Gasteiger partial charge in [0.15, 0.2) is 17.2 Å². The molecular formula is C46H47N7O5. The molecule has 6 aromatic rings. The number of esters is 1. The lowest BCUT2D eigenvalue weighted by Gasteiger charge is -2.37. The Balaban J connectivity index is 0.886. The van der Waals surface area contributed by atoms with E-state index in [1.54, 1.807) is 6.07 Å². The van der Waals surface area contributed by atoms with E-state index in [0.717, 1.165) is 83.0 Å². The zero-order chi connectivity index (χ0) is 40.0. The van der Waals surface area contributed by atoms with E-state index in [2.05, 4.69) is 33.4 Å². The summed E-state index contributed by atoms with van der Waals surface area (Å²) in [6.07, 6.45) is 4.74. The fourth-order valence-electron chi connectivity index (χ4n) is 8.26. The minimum atomic E-state index is -1.21. The van der Waals surface area contributed by atoms with Crippen molar-refractivity contribution in [2.24, 2.45) is 0 Å². The largest absolute Gasteiger partial charge is 0.456 e. The molecule has 9 rings (SSSR count). The maximum Gasteiger partial charge on any atom is 0.340 e. The van der Waals surface area contributed by atoms with Crippen LogP contribution < -0.4 is 24.8 Å². The third-order valence-electron chi connectivity index (χ3n) is 11.4. The molecule has 5 heterocycles. The van der Waals surface area contributed by atoms with Crippen LogP contribution in [0.2, 0.25) is 0 Å². The number of hydrogen-bond acceptors (Lipinski definition) is 11. The summed E-state index contributed by atoms with van der Waals surface area (Å²) in [7, 11) is 7.90. The van der Waals surface area contributed by atoms with Crippen LogP contribution in [0.4, 0.5) is 23.0 Å². The van der Waals surface area contributed by atoms with Crippen molar-refractivity contribution in [2.75, 3.05) is 81.1 Å². The number of ketones is 1. The molecule has 4 aromatic carbocycles. The highest BCUT2D eigenvalue weighted by Crippen LogP contribution is 2.57. The minimum absolute atomic E-state index is 0.00179. The van der Waals surface area contributed by atoms with E-state index in [9.17, 15) is 9.59 Å². The third-order valence-corrected chi connectivity index (χ3v) is 11.4. The molecule has 1 fully saturated rings. The molecule has 3 aliphatic heterocycles. The van der Waals surface area contributed by atoms with Gasteiger partial charge in [-0.05, 0) is 55.3 Å². The van der Waals surface area contributed by atoms with Gasteiger partial charge >= 0.3 is 5.97 Å².